The average molecular weight is 313 g/mol. The van der Waals surface area contributed by atoms with Gasteiger partial charge in [0.25, 0.3) is 5.91 Å². The Morgan fingerprint density at radius 1 is 1.33 bits per heavy atom. The summed E-state index contributed by atoms with van der Waals surface area (Å²) in [7, 11) is 2.08. The van der Waals surface area contributed by atoms with Crippen molar-refractivity contribution in [2.75, 3.05) is 38.7 Å². The molecule has 1 heterocycles. The maximum atomic E-state index is 12.3. The molecular formula is C13H17BrN2O2. The number of carbonyl (C=O) groups is 1. The van der Waals surface area contributed by atoms with Crippen LogP contribution in [0.15, 0.2) is 24.3 Å². The number of hydrogen-bond donors (Lipinski definition) is 0. The summed E-state index contributed by atoms with van der Waals surface area (Å²) in [5.74, 6) is 0.801. The molecule has 0 aromatic heterocycles. The molecule has 0 spiro atoms. The van der Waals surface area contributed by atoms with E-state index >= 15 is 0 Å². The van der Waals surface area contributed by atoms with Crippen molar-refractivity contribution in [3.05, 3.63) is 29.8 Å². The van der Waals surface area contributed by atoms with Gasteiger partial charge in [-0.05, 0) is 41.2 Å². The molecule has 4 nitrogen and oxygen atoms in total. The van der Waals surface area contributed by atoms with Crippen molar-refractivity contribution in [3.63, 3.8) is 0 Å². The fourth-order valence-electron chi connectivity index (χ4n) is 1.97. The van der Waals surface area contributed by atoms with Gasteiger partial charge in [0.1, 0.15) is 11.3 Å². The monoisotopic (exact) mass is 312 g/mol. The lowest BCUT2D eigenvalue weighted by Crippen LogP contribution is -2.47. The van der Waals surface area contributed by atoms with Gasteiger partial charge in [-0.15, -0.1) is 0 Å². The minimum atomic E-state index is 0.0862. The van der Waals surface area contributed by atoms with E-state index in [-0.39, 0.29) is 5.91 Å². The van der Waals surface area contributed by atoms with E-state index in [1.165, 1.54) is 0 Å². The lowest BCUT2D eigenvalue weighted by molar-refractivity contribution is 0.0663. The first-order valence-corrected chi connectivity index (χ1v) is 7.09. The molecule has 0 saturated carbocycles. The van der Waals surface area contributed by atoms with Crippen molar-refractivity contribution in [1.82, 2.24) is 9.80 Å². The lowest BCUT2D eigenvalue weighted by Gasteiger charge is -2.32. The molecule has 5 heteroatoms. The van der Waals surface area contributed by atoms with E-state index in [4.69, 9.17) is 4.74 Å². The molecule has 18 heavy (non-hydrogen) atoms. The zero-order chi connectivity index (χ0) is 13.0. The molecule has 0 radical (unpaired) electrons. The second-order valence-electron chi connectivity index (χ2n) is 4.38. The second kappa shape index (κ2) is 6.20. The fraction of sp³-hybridized carbons (Fsp3) is 0.462. The van der Waals surface area contributed by atoms with Gasteiger partial charge in [-0.1, -0.05) is 6.07 Å². The number of halogens is 1. The van der Waals surface area contributed by atoms with Crippen LogP contribution in [0.4, 0.5) is 0 Å². The van der Waals surface area contributed by atoms with Gasteiger partial charge in [0.05, 0.1) is 0 Å². The van der Waals surface area contributed by atoms with Crippen LogP contribution < -0.4 is 4.74 Å². The van der Waals surface area contributed by atoms with E-state index in [2.05, 4.69) is 27.9 Å². The highest BCUT2D eigenvalue weighted by molar-refractivity contribution is 9.09. The summed E-state index contributed by atoms with van der Waals surface area (Å²) in [5.41, 5.74) is 1.12. The standard InChI is InChI=1S/C13H17BrN2O2/c1-15-5-7-16(8-6-15)13(17)11-3-2-4-12(9-11)18-10-14/h2-4,9H,5-8,10H2,1H3. The van der Waals surface area contributed by atoms with Crippen LogP contribution in [0.2, 0.25) is 0 Å². The molecule has 1 aliphatic heterocycles. The van der Waals surface area contributed by atoms with Gasteiger partial charge in [-0.2, -0.15) is 0 Å². The van der Waals surface area contributed by atoms with Crippen molar-refractivity contribution < 1.29 is 9.53 Å². The van der Waals surface area contributed by atoms with E-state index in [0.717, 1.165) is 26.2 Å². The lowest BCUT2D eigenvalue weighted by atomic mass is 10.1. The topological polar surface area (TPSA) is 32.8 Å². The molecule has 2 rings (SSSR count). The number of nitrogens with zero attached hydrogens (tertiary/aromatic N) is 2. The first kappa shape index (κ1) is 13.4. The third-order valence-electron chi connectivity index (χ3n) is 3.09. The number of alkyl halides is 1. The smallest absolute Gasteiger partial charge is 0.254 e. The van der Waals surface area contributed by atoms with Crippen LogP contribution in [0.5, 0.6) is 5.75 Å². The number of amides is 1. The Morgan fingerprint density at radius 2 is 2.06 bits per heavy atom. The molecule has 0 N–H and O–H groups in total. The molecule has 1 saturated heterocycles. The van der Waals surface area contributed by atoms with Crippen LogP contribution >= 0.6 is 15.9 Å². The number of rotatable bonds is 3. The molecule has 0 bridgehead atoms. The van der Waals surface area contributed by atoms with Crippen LogP contribution in [0, 0.1) is 0 Å². The van der Waals surface area contributed by atoms with Gasteiger partial charge in [-0.3, -0.25) is 4.79 Å². The Balaban J connectivity index is 2.06. The summed E-state index contributed by atoms with van der Waals surface area (Å²) < 4.78 is 5.34. The van der Waals surface area contributed by atoms with Gasteiger partial charge in [0.2, 0.25) is 0 Å². The quantitative estimate of drug-likeness (QED) is 0.798. The molecule has 0 aliphatic carbocycles. The first-order valence-electron chi connectivity index (χ1n) is 5.97. The van der Waals surface area contributed by atoms with Crippen molar-refractivity contribution >= 4 is 21.8 Å². The van der Waals surface area contributed by atoms with Crippen molar-refractivity contribution in [2.45, 2.75) is 0 Å². The van der Waals surface area contributed by atoms with E-state index in [9.17, 15) is 4.79 Å². The summed E-state index contributed by atoms with van der Waals surface area (Å²) in [4.78, 5) is 16.4. The second-order valence-corrected chi connectivity index (χ2v) is 4.83. The van der Waals surface area contributed by atoms with Crippen LogP contribution in [-0.2, 0) is 0 Å². The molecule has 1 fully saturated rings. The summed E-state index contributed by atoms with van der Waals surface area (Å²) in [6, 6.07) is 7.33. The zero-order valence-corrected chi connectivity index (χ0v) is 12.0. The van der Waals surface area contributed by atoms with Crippen molar-refractivity contribution in [2.24, 2.45) is 0 Å². The minimum Gasteiger partial charge on any atom is -0.482 e. The summed E-state index contributed by atoms with van der Waals surface area (Å²) in [6.45, 7) is 3.45. The molecule has 98 valence electrons. The predicted octanol–water partition coefficient (Wildman–Crippen LogP) is 1.81. The fourth-order valence-corrected chi connectivity index (χ4v) is 2.24. The Morgan fingerprint density at radius 3 is 2.72 bits per heavy atom. The number of carbonyl (C=O) groups excluding carboxylic acids is 1. The van der Waals surface area contributed by atoms with Gasteiger partial charge in [-0.25, -0.2) is 0 Å². The molecule has 1 amide bonds. The highest BCUT2D eigenvalue weighted by Crippen LogP contribution is 2.16. The predicted molar refractivity (Wildman–Crippen MR) is 74.3 cm³/mol. The van der Waals surface area contributed by atoms with E-state index in [1.807, 2.05) is 23.1 Å². The van der Waals surface area contributed by atoms with Gasteiger partial charge >= 0.3 is 0 Å². The molecule has 1 aliphatic rings. The van der Waals surface area contributed by atoms with Gasteiger partial charge < -0.3 is 14.5 Å². The summed E-state index contributed by atoms with van der Waals surface area (Å²) in [5, 5.41) is 0. The van der Waals surface area contributed by atoms with E-state index in [1.54, 1.807) is 6.07 Å². The third-order valence-corrected chi connectivity index (χ3v) is 3.32. The number of ether oxygens (including phenoxy) is 1. The normalized spacial score (nSPS) is 16.7. The Hall–Kier alpha value is -1.07. The summed E-state index contributed by atoms with van der Waals surface area (Å²) in [6.07, 6.45) is 0. The van der Waals surface area contributed by atoms with E-state index < -0.39 is 0 Å². The molecule has 0 unspecified atom stereocenters. The highest BCUT2D eigenvalue weighted by Gasteiger charge is 2.20. The SMILES string of the molecule is CN1CCN(C(=O)c2cccc(OCBr)c2)CC1. The Bertz CT molecular complexity index is 417. The van der Waals surface area contributed by atoms with E-state index in [0.29, 0.717) is 16.8 Å². The van der Waals surface area contributed by atoms with Crippen molar-refractivity contribution in [3.8, 4) is 5.75 Å². The molecule has 0 atom stereocenters. The van der Waals surface area contributed by atoms with Gasteiger partial charge in [0.15, 0.2) is 0 Å². The third kappa shape index (κ3) is 3.23. The first-order chi connectivity index (χ1) is 8.70. The average Bonchev–Trinajstić information content (AvgIpc) is 2.39. The van der Waals surface area contributed by atoms with Crippen LogP contribution in [0.1, 0.15) is 10.4 Å². The maximum Gasteiger partial charge on any atom is 0.254 e. The van der Waals surface area contributed by atoms with Gasteiger partial charge in [0, 0.05) is 31.7 Å². The van der Waals surface area contributed by atoms with Crippen LogP contribution in [-0.4, -0.2) is 54.4 Å². The number of hydrogen-bond acceptors (Lipinski definition) is 3. The molecule has 1 aromatic carbocycles. The highest BCUT2D eigenvalue weighted by atomic mass is 79.9. The van der Waals surface area contributed by atoms with Crippen LogP contribution in [0.25, 0.3) is 0 Å². The zero-order valence-electron chi connectivity index (χ0n) is 10.4. The largest absolute Gasteiger partial charge is 0.482 e. The number of piperazine rings is 1. The number of benzene rings is 1. The minimum absolute atomic E-state index is 0.0862. The Labute approximate surface area is 116 Å². The molecule has 1 aromatic rings. The van der Waals surface area contributed by atoms with Crippen LogP contribution in [0.3, 0.4) is 0 Å². The number of likely N-dealkylation sites (N-methyl/N-ethyl adjacent to an activating group) is 1. The summed E-state index contributed by atoms with van der Waals surface area (Å²) >= 11 is 3.21. The maximum absolute atomic E-state index is 12.3. The Kier molecular flexibility index (Phi) is 4.60. The molecular weight excluding hydrogens is 296 g/mol. The van der Waals surface area contributed by atoms with Crippen molar-refractivity contribution in [1.29, 1.82) is 0 Å².